The summed E-state index contributed by atoms with van der Waals surface area (Å²) < 4.78 is 0. The minimum atomic E-state index is -0.575. The second kappa shape index (κ2) is 16.5. The largest absolute Gasteiger partial charge is 0.310 e. The molecular formula is C75H55N. The Morgan fingerprint density at radius 2 is 0.737 bits per heavy atom. The number of hydrogen-bond acceptors (Lipinski definition) is 1. The number of rotatable bonds is 6. The number of aryl methyl sites for hydroxylation is 1. The van der Waals surface area contributed by atoms with Crippen molar-refractivity contribution in [3.8, 4) is 44.5 Å². The van der Waals surface area contributed by atoms with Gasteiger partial charge in [0.1, 0.15) is 0 Å². The molecule has 0 aromatic heterocycles. The van der Waals surface area contributed by atoms with Crippen LogP contribution in [0.4, 0.5) is 17.1 Å². The van der Waals surface area contributed by atoms with E-state index < -0.39 is 10.8 Å². The van der Waals surface area contributed by atoms with E-state index in [4.69, 9.17) is 0 Å². The van der Waals surface area contributed by atoms with Gasteiger partial charge in [-0.2, -0.15) is 0 Å². The van der Waals surface area contributed by atoms with Crippen molar-refractivity contribution in [1.29, 1.82) is 0 Å². The molecule has 12 aromatic carbocycles. The maximum Gasteiger partial charge on any atom is 0.0726 e. The van der Waals surface area contributed by atoms with Gasteiger partial charge in [0.05, 0.1) is 16.5 Å². The van der Waals surface area contributed by atoms with Gasteiger partial charge in [0.2, 0.25) is 0 Å². The Morgan fingerprint density at radius 3 is 1.37 bits per heavy atom. The van der Waals surface area contributed by atoms with Gasteiger partial charge in [-0.3, -0.25) is 0 Å². The molecule has 0 N–H and O–H groups in total. The Kier molecular flexibility index (Phi) is 9.64. The van der Waals surface area contributed by atoms with Gasteiger partial charge >= 0.3 is 0 Å². The van der Waals surface area contributed by atoms with E-state index in [-0.39, 0.29) is 5.41 Å². The topological polar surface area (TPSA) is 3.24 Å². The Balaban J connectivity index is 1.04. The minimum absolute atomic E-state index is 0.0371. The number of benzene rings is 12. The molecule has 1 heteroatoms. The zero-order chi connectivity index (χ0) is 50.9. The van der Waals surface area contributed by atoms with E-state index >= 15 is 0 Å². The van der Waals surface area contributed by atoms with Gasteiger partial charge in [-0.1, -0.05) is 257 Å². The van der Waals surface area contributed by atoms with Crippen LogP contribution in [0.15, 0.2) is 261 Å². The van der Waals surface area contributed by atoms with Gasteiger partial charge in [-0.25, -0.2) is 0 Å². The van der Waals surface area contributed by atoms with Crippen molar-refractivity contribution in [2.75, 3.05) is 4.90 Å². The summed E-state index contributed by atoms with van der Waals surface area (Å²) in [6, 6.07) is 99.3. The first kappa shape index (κ1) is 44.4. The highest BCUT2D eigenvalue weighted by Crippen LogP contribution is 2.64. The van der Waals surface area contributed by atoms with Gasteiger partial charge in [-0.05, 0) is 153 Å². The summed E-state index contributed by atoms with van der Waals surface area (Å²) in [6.45, 7) is 9.21. The van der Waals surface area contributed by atoms with E-state index in [0.29, 0.717) is 0 Å². The summed E-state index contributed by atoms with van der Waals surface area (Å²) >= 11 is 0. The summed E-state index contributed by atoms with van der Waals surface area (Å²) in [5.41, 5.74) is 25.5. The highest BCUT2D eigenvalue weighted by Gasteiger charge is 2.52. The molecule has 0 amide bonds. The summed E-state index contributed by atoms with van der Waals surface area (Å²) in [5, 5.41) is 4.89. The van der Waals surface area contributed by atoms with Gasteiger partial charge in [-0.15, -0.1) is 0 Å². The lowest BCUT2D eigenvalue weighted by molar-refractivity contribution is 0.588. The van der Waals surface area contributed by atoms with Crippen LogP contribution >= 0.6 is 0 Å². The van der Waals surface area contributed by atoms with Crippen molar-refractivity contribution in [3.05, 3.63) is 316 Å². The van der Waals surface area contributed by atoms with E-state index in [0.717, 1.165) is 17.1 Å². The third-order valence-corrected chi connectivity index (χ3v) is 17.4. The third-order valence-electron chi connectivity index (χ3n) is 17.4. The fourth-order valence-electron chi connectivity index (χ4n) is 14.0. The molecule has 15 rings (SSSR count). The zero-order valence-corrected chi connectivity index (χ0v) is 43.3. The van der Waals surface area contributed by atoms with Crippen LogP contribution < -0.4 is 4.90 Å². The average Bonchev–Trinajstić information content (AvgIpc) is 4.09. The van der Waals surface area contributed by atoms with Gasteiger partial charge < -0.3 is 4.90 Å². The molecule has 0 heterocycles. The smallest absolute Gasteiger partial charge is 0.0726 e. The molecule has 0 radical (unpaired) electrons. The predicted molar refractivity (Wildman–Crippen MR) is 319 cm³/mol. The van der Waals surface area contributed by atoms with Gasteiger partial charge in [0, 0.05) is 16.8 Å². The van der Waals surface area contributed by atoms with E-state index in [9.17, 15) is 0 Å². The van der Waals surface area contributed by atoms with Crippen LogP contribution in [0.5, 0.6) is 0 Å². The van der Waals surface area contributed by atoms with Crippen LogP contribution in [-0.2, 0) is 16.2 Å². The highest BCUT2D eigenvalue weighted by atomic mass is 15.1. The molecule has 1 nitrogen and oxygen atoms in total. The van der Waals surface area contributed by atoms with Crippen molar-refractivity contribution < 1.29 is 0 Å². The fourth-order valence-corrected chi connectivity index (χ4v) is 14.0. The Bertz CT molecular complexity index is 4320. The summed E-state index contributed by atoms with van der Waals surface area (Å²) in [7, 11) is 0. The van der Waals surface area contributed by atoms with Crippen LogP contribution in [0.2, 0.25) is 0 Å². The van der Waals surface area contributed by atoms with Crippen molar-refractivity contribution in [1.82, 2.24) is 0 Å². The second-order valence-corrected chi connectivity index (χ2v) is 22.4. The summed E-state index contributed by atoms with van der Waals surface area (Å²) in [4.78, 5) is 2.58. The number of fused-ring (bicyclic) bond motifs is 15. The SMILES string of the molecule is Cc1ccc(C2(c3ccccc3)c3ccccc3-c3ccc(N(c4ccc5c(c4)C4(c6ccccc6-5)c5ccccc5-c5ccc(C(C)(C)C)cc54)c4ccc(-c5cccc6ccccc56)c5ccccc45)cc32)cc1. The first-order valence-electron chi connectivity index (χ1n) is 26.9. The van der Waals surface area contributed by atoms with E-state index in [1.807, 2.05) is 0 Å². The molecule has 0 bridgehead atoms. The first-order chi connectivity index (χ1) is 37.2. The van der Waals surface area contributed by atoms with E-state index in [1.165, 1.54) is 122 Å². The molecule has 360 valence electrons. The lowest BCUT2D eigenvalue weighted by atomic mass is 9.67. The predicted octanol–water partition coefficient (Wildman–Crippen LogP) is 19.4. The Labute approximate surface area is 446 Å². The van der Waals surface area contributed by atoms with Crippen molar-refractivity contribution in [2.45, 2.75) is 43.9 Å². The molecular weight excluding hydrogens is 915 g/mol. The molecule has 1 spiro atoms. The maximum atomic E-state index is 2.58. The molecule has 3 aliphatic carbocycles. The molecule has 0 fully saturated rings. The minimum Gasteiger partial charge on any atom is -0.310 e. The summed E-state index contributed by atoms with van der Waals surface area (Å²) in [6.07, 6.45) is 0. The average molecular weight is 970 g/mol. The number of hydrogen-bond donors (Lipinski definition) is 0. The third kappa shape index (κ3) is 6.14. The molecule has 2 unspecified atom stereocenters. The molecule has 76 heavy (non-hydrogen) atoms. The molecule has 0 saturated heterocycles. The van der Waals surface area contributed by atoms with Crippen LogP contribution in [0.1, 0.15) is 76.4 Å². The number of nitrogens with zero attached hydrogens (tertiary/aromatic N) is 1. The van der Waals surface area contributed by atoms with Crippen molar-refractivity contribution >= 4 is 38.6 Å². The van der Waals surface area contributed by atoms with Crippen molar-refractivity contribution in [3.63, 3.8) is 0 Å². The van der Waals surface area contributed by atoms with Crippen LogP contribution in [-0.4, -0.2) is 0 Å². The van der Waals surface area contributed by atoms with E-state index in [1.54, 1.807) is 0 Å². The van der Waals surface area contributed by atoms with Crippen LogP contribution in [0.3, 0.4) is 0 Å². The van der Waals surface area contributed by atoms with E-state index in [2.05, 4.69) is 293 Å². The molecule has 0 saturated carbocycles. The molecule has 0 aliphatic heterocycles. The highest BCUT2D eigenvalue weighted by molar-refractivity contribution is 6.11. The second-order valence-electron chi connectivity index (χ2n) is 22.4. The first-order valence-corrected chi connectivity index (χ1v) is 26.9. The Hall–Kier alpha value is -9.04. The molecule has 2 atom stereocenters. The molecule has 12 aromatic rings. The van der Waals surface area contributed by atoms with Gasteiger partial charge in [0.15, 0.2) is 0 Å². The standard InChI is InChI=1S/C75H55N/c1-48-33-35-51(36-34-48)74(50-21-6-5-7-22-50)66-30-15-12-25-59(66)63-41-38-53(46-70(63)74)76(72-44-43-58(57-24-10-11-28-65(57)72)56-29-18-20-49-19-8-9-23-55(49)56)54-39-42-64-61-27-14-17-32-68(61)75(71(64)47-54)67-31-16-13-26-60(67)62-40-37-52(45-69(62)75)73(2,3)4/h5-47H,1-4H3. The lowest BCUT2D eigenvalue weighted by Gasteiger charge is -2.35. The molecule has 3 aliphatic rings. The summed E-state index contributed by atoms with van der Waals surface area (Å²) in [5.74, 6) is 0. The maximum absolute atomic E-state index is 2.58. The zero-order valence-electron chi connectivity index (χ0n) is 43.3. The van der Waals surface area contributed by atoms with Crippen LogP contribution in [0, 0.1) is 6.92 Å². The quantitative estimate of drug-likeness (QED) is 0.160. The van der Waals surface area contributed by atoms with Gasteiger partial charge in [0.25, 0.3) is 0 Å². The lowest BCUT2D eigenvalue weighted by Crippen LogP contribution is -2.29. The number of anilines is 3. The fraction of sp³-hybridized carbons (Fsp3) is 0.0933. The monoisotopic (exact) mass is 969 g/mol. The van der Waals surface area contributed by atoms with Crippen molar-refractivity contribution in [2.24, 2.45) is 0 Å². The normalized spacial score (nSPS) is 16.5. The Morgan fingerprint density at radius 1 is 0.303 bits per heavy atom. The van der Waals surface area contributed by atoms with Crippen LogP contribution in [0.25, 0.3) is 66.1 Å².